The summed E-state index contributed by atoms with van der Waals surface area (Å²) in [6.07, 6.45) is 7.74. The first-order valence-corrected chi connectivity index (χ1v) is 12.2. The van der Waals surface area contributed by atoms with Crippen LogP contribution in [0.4, 0.5) is 0 Å². The highest BCUT2D eigenvalue weighted by molar-refractivity contribution is 4.65. The standard InChI is InChI=1S/C24H56N6/c1-25(2)15-11-21-29(22-12-16-26(3)4)19-9-10-20-30(23-13-17-27(5)6)24-14-18-28(7)8/h9-24H2,1-8H3. The molecule has 6 heteroatoms. The number of rotatable bonds is 21. The highest BCUT2D eigenvalue weighted by atomic mass is 15.2. The first-order chi connectivity index (χ1) is 14.2. The Hall–Kier alpha value is -0.240. The Morgan fingerprint density at radius 2 is 0.467 bits per heavy atom. The van der Waals surface area contributed by atoms with Gasteiger partial charge in [0.25, 0.3) is 0 Å². The van der Waals surface area contributed by atoms with Crippen molar-refractivity contribution < 1.29 is 0 Å². The van der Waals surface area contributed by atoms with Gasteiger partial charge >= 0.3 is 0 Å². The molecule has 0 aromatic rings. The monoisotopic (exact) mass is 428 g/mol. The van der Waals surface area contributed by atoms with Crippen molar-refractivity contribution in [3.05, 3.63) is 0 Å². The van der Waals surface area contributed by atoms with E-state index >= 15 is 0 Å². The molecular formula is C24H56N6. The van der Waals surface area contributed by atoms with Gasteiger partial charge in [0.1, 0.15) is 0 Å². The second-order valence-electron chi connectivity index (χ2n) is 10.0. The molecule has 0 aliphatic heterocycles. The first kappa shape index (κ1) is 29.8. The first-order valence-electron chi connectivity index (χ1n) is 12.2. The summed E-state index contributed by atoms with van der Waals surface area (Å²) >= 11 is 0. The van der Waals surface area contributed by atoms with Crippen LogP contribution < -0.4 is 0 Å². The molecule has 0 aromatic carbocycles. The van der Waals surface area contributed by atoms with Gasteiger partial charge in [-0.15, -0.1) is 0 Å². The van der Waals surface area contributed by atoms with E-state index in [1.807, 2.05) is 0 Å². The SMILES string of the molecule is CN(C)CCCN(CCCCN(CCCN(C)C)CCCN(C)C)CCCN(C)C. The molecule has 30 heavy (non-hydrogen) atoms. The van der Waals surface area contributed by atoms with Gasteiger partial charge in [-0.2, -0.15) is 0 Å². The molecular weight excluding hydrogens is 372 g/mol. The molecule has 0 saturated heterocycles. The lowest BCUT2D eigenvalue weighted by atomic mass is 10.2. The Morgan fingerprint density at radius 1 is 0.267 bits per heavy atom. The molecule has 0 heterocycles. The van der Waals surface area contributed by atoms with E-state index in [1.165, 1.54) is 104 Å². The molecule has 0 rings (SSSR count). The van der Waals surface area contributed by atoms with Crippen molar-refractivity contribution >= 4 is 0 Å². The topological polar surface area (TPSA) is 19.4 Å². The molecule has 0 spiro atoms. The molecule has 0 radical (unpaired) electrons. The molecule has 182 valence electrons. The van der Waals surface area contributed by atoms with Crippen molar-refractivity contribution in [3.8, 4) is 0 Å². The van der Waals surface area contributed by atoms with Crippen LogP contribution in [0.3, 0.4) is 0 Å². The second kappa shape index (κ2) is 19.4. The van der Waals surface area contributed by atoms with Crippen molar-refractivity contribution in [2.45, 2.75) is 38.5 Å². The van der Waals surface area contributed by atoms with E-state index in [4.69, 9.17) is 0 Å². The van der Waals surface area contributed by atoms with Gasteiger partial charge in [0, 0.05) is 0 Å². The summed E-state index contributed by atoms with van der Waals surface area (Å²) in [4.78, 5) is 14.6. The van der Waals surface area contributed by atoms with Crippen LogP contribution in [-0.2, 0) is 0 Å². The van der Waals surface area contributed by atoms with Crippen molar-refractivity contribution in [2.24, 2.45) is 0 Å². The Kier molecular flexibility index (Phi) is 19.3. The zero-order valence-electron chi connectivity index (χ0n) is 22.0. The lowest BCUT2D eigenvalue weighted by Gasteiger charge is -2.26. The van der Waals surface area contributed by atoms with Crippen molar-refractivity contribution in [3.63, 3.8) is 0 Å². The average molecular weight is 429 g/mol. The lowest BCUT2D eigenvalue weighted by Crippen LogP contribution is -2.33. The smallest absolute Gasteiger partial charge is 0.000654 e. The molecule has 0 bridgehead atoms. The summed E-state index contributed by atoms with van der Waals surface area (Å²) in [5.41, 5.74) is 0. The van der Waals surface area contributed by atoms with E-state index in [0.29, 0.717) is 0 Å². The molecule has 0 aliphatic carbocycles. The summed E-state index contributed by atoms with van der Waals surface area (Å²) in [5, 5.41) is 0. The summed E-state index contributed by atoms with van der Waals surface area (Å²) in [7, 11) is 17.4. The molecule has 0 unspecified atom stereocenters. The van der Waals surface area contributed by atoms with Gasteiger partial charge in [-0.3, -0.25) is 0 Å². The summed E-state index contributed by atoms with van der Waals surface area (Å²) in [6, 6.07) is 0. The van der Waals surface area contributed by atoms with Crippen LogP contribution in [0.15, 0.2) is 0 Å². The Balaban J connectivity index is 4.30. The van der Waals surface area contributed by atoms with E-state index < -0.39 is 0 Å². The molecule has 0 N–H and O–H groups in total. The van der Waals surface area contributed by atoms with E-state index in [-0.39, 0.29) is 0 Å². The number of unbranched alkanes of at least 4 members (excludes halogenated alkanes) is 1. The quantitative estimate of drug-likeness (QED) is 0.259. The third kappa shape index (κ3) is 21.0. The zero-order valence-corrected chi connectivity index (χ0v) is 22.0. The second-order valence-corrected chi connectivity index (χ2v) is 10.0. The third-order valence-electron chi connectivity index (χ3n) is 5.52. The van der Waals surface area contributed by atoms with Gasteiger partial charge in [-0.25, -0.2) is 0 Å². The minimum absolute atomic E-state index is 1.19. The number of hydrogen-bond acceptors (Lipinski definition) is 6. The fourth-order valence-corrected chi connectivity index (χ4v) is 3.78. The molecule has 6 nitrogen and oxygen atoms in total. The van der Waals surface area contributed by atoms with Crippen LogP contribution in [0.2, 0.25) is 0 Å². The predicted molar refractivity (Wildman–Crippen MR) is 135 cm³/mol. The van der Waals surface area contributed by atoms with Gasteiger partial charge in [0.05, 0.1) is 0 Å². The Bertz CT molecular complexity index is 298. The van der Waals surface area contributed by atoms with Gasteiger partial charge in [-0.1, -0.05) is 0 Å². The van der Waals surface area contributed by atoms with Crippen LogP contribution in [0.1, 0.15) is 38.5 Å². The van der Waals surface area contributed by atoms with Crippen LogP contribution in [-0.4, -0.2) is 151 Å². The molecule has 0 fully saturated rings. The largest absolute Gasteiger partial charge is 0.309 e. The Labute approximate surface area is 190 Å². The fraction of sp³-hybridized carbons (Fsp3) is 1.00. The summed E-state index contributed by atoms with van der Waals surface area (Å²) in [5.74, 6) is 0. The maximum Gasteiger partial charge on any atom is -0.000654 e. The third-order valence-corrected chi connectivity index (χ3v) is 5.52. The highest BCUT2D eigenvalue weighted by Gasteiger charge is 2.08. The van der Waals surface area contributed by atoms with E-state index in [1.54, 1.807) is 0 Å². The van der Waals surface area contributed by atoms with Gasteiger partial charge < -0.3 is 29.4 Å². The van der Waals surface area contributed by atoms with Crippen molar-refractivity contribution in [2.75, 3.05) is 122 Å². The van der Waals surface area contributed by atoms with Crippen molar-refractivity contribution in [1.29, 1.82) is 0 Å². The highest BCUT2D eigenvalue weighted by Crippen LogP contribution is 2.04. The molecule has 0 atom stereocenters. The van der Waals surface area contributed by atoms with E-state index in [9.17, 15) is 0 Å². The summed E-state index contributed by atoms with van der Waals surface area (Å²) < 4.78 is 0. The Morgan fingerprint density at radius 3 is 0.667 bits per heavy atom. The van der Waals surface area contributed by atoms with Gasteiger partial charge in [-0.05, 0) is 160 Å². The van der Waals surface area contributed by atoms with Gasteiger partial charge in [0.2, 0.25) is 0 Å². The maximum atomic E-state index is 2.70. The number of hydrogen-bond donors (Lipinski definition) is 0. The van der Waals surface area contributed by atoms with E-state index in [2.05, 4.69) is 85.8 Å². The number of nitrogens with zero attached hydrogens (tertiary/aromatic N) is 6. The zero-order chi connectivity index (χ0) is 22.8. The van der Waals surface area contributed by atoms with E-state index in [0.717, 1.165) is 0 Å². The van der Waals surface area contributed by atoms with Crippen LogP contribution >= 0.6 is 0 Å². The van der Waals surface area contributed by atoms with Gasteiger partial charge in [0.15, 0.2) is 0 Å². The maximum absolute atomic E-state index is 2.70. The van der Waals surface area contributed by atoms with Crippen LogP contribution in [0.5, 0.6) is 0 Å². The van der Waals surface area contributed by atoms with Crippen molar-refractivity contribution in [1.82, 2.24) is 29.4 Å². The van der Waals surface area contributed by atoms with Crippen LogP contribution in [0, 0.1) is 0 Å². The normalized spacial score (nSPS) is 12.6. The lowest BCUT2D eigenvalue weighted by molar-refractivity contribution is 0.215. The minimum atomic E-state index is 1.19. The molecule has 0 aliphatic rings. The molecule has 0 saturated carbocycles. The summed E-state index contributed by atoms with van der Waals surface area (Å²) in [6.45, 7) is 12.2. The fourth-order valence-electron chi connectivity index (χ4n) is 3.78. The minimum Gasteiger partial charge on any atom is -0.309 e. The molecule has 0 aromatic heterocycles. The molecule has 0 amide bonds. The van der Waals surface area contributed by atoms with Crippen LogP contribution in [0.25, 0.3) is 0 Å². The average Bonchev–Trinajstić information content (AvgIpc) is 2.63. The predicted octanol–water partition coefficient (Wildman–Crippen LogP) is 2.18.